The van der Waals surface area contributed by atoms with Crippen LogP contribution in [-0.2, 0) is 13.0 Å². The second-order valence-electron chi connectivity index (χ2n) is 7.13. The highest BCUT2D eigenvalue weighted by molar-refractivity contribution is 9.10. The number of nitrogens with one attached hydrogen (secondary N) is 1. The lowest BCUT2D eigenvalue weighted by atomic mass is 10.00. The van der Waals surface area contributed by atoms with Crippen molar-refractivity contribution in [1.82, 2.24) is 9.97 Å². The van der Waals surface area contributed by atoms with Gasteiger partial charge >= 0.3 is 0 Å². The second kappa shape index (κ2) is 6.36. The fourth-order valence-electron chi connectivity index (χ4n) is 3.23. The molecule has 5 heteroatoms. The van der Waals surface area contributed by atoms with Crippen molar-refractivity contribution in [2.45, 2.75) is 51.6 Å². The van der Waals surface area contributed by atoms with Gasteiger partial charge in [-0.3, -0.25) is 0 Å². The summed E-state index contributed by atoms with van der Waals surface area (Å²) in [5, 5.41) is 3.45. The molecule has 1 N–H and O–H groups in total. The Balaban J connectivity index is 1.63. The van der Waals surface area contributed by atoms with Gasteiger partial charge in [0.15, 0.2) is 0 Å². The van der Waals surface area contributed by atoms with Gasteiger partial charge in [-0.1, -0.05) is 22.0 Å². The van der Waals surface area contributed by atoms with Crippen molar-refractivity contribution in [3.05, 3.63) is 45.7 Å². The molecule has 2 heterocycles. The van der Waals surface area contributed by atoms with Crippen LogP contribution >= 0.6 is 15.9 Å². The summed E-state index contributed by atoms with van der Waals surface area (Å²) in [6.07, 6.45) is 3.51. The van der Waals surface area contributed by atoms with Gasteiger partial charge in [-0.05, 0) is 56.4 Å². The van der Waals surface area contributed by atoms with E-state index >= 15 is 0 Å². The molecule has 0 bridgehead atoms. The molecule has 0 amide bonds. The Morgan fingerprint density at radius 3 is 2.75 bits per heavy atom. The number of aromatic nitrogens is 2. The standard InChI is InChI=1S/C19H23BrN4/c1-12(2)21-17-10-18(23-19(22-17)13-3-4-13)24-8-7-14-9-16(20)6-5-15(14)11-24/h5-6,9-10,12-13H,3-4,7-8,11H2,1-2H3,(H,21,22,23). The smallest absolute Gasteiger partial charge is 0.136 e. The van der Waals surface area contributed by atoms with Crippen LogP contribution in [0, 0.1) is 0 Å². The zero-order chi connectivity index (χ0) is 16.7. The Kier molecular flexibility index (Phi) is 4.21. The van der Waals surface area contributed by atoms with Gasteiger partial charge in [0.25, 0.3) is 0 Å². The normalized spacial score (nSPS) is 17.1. The van der Waals surface area contributed by atoms with E-state index < -0.39 is 0 Å². The molecule has 2 aromatic rings. The summed E-state index contributed by atoms with van der Waals surface area (Å²) in [4.78, 5) is 12.0. The monoisotopic (exact) mass is 386 g/mol. The first-order valence-electron chi connectivity index (χ1n) is 8.76. The number of fused-ring (bicyclic) bond motifs is 1. The molecule has 0 radical (unpaired) electrons. The minimum absolute atomic E-state index is 0.374. The van der Waals surface area contributed by atoms with E-state index in [1.54, 1.807) is 0 Å². The molecule has 0 unspecified atom stereocenters. The predicted octanol–water partition coefficient (Wildman–Crippen LogP) is 4.50. The molecule has 1 aromatic carbocycles. The van der Waals surface area contributed by atoms with Crippen LogP contribution in [0.3, 0.4) is 0 Å². The Labute approximate surface area is 151 Å². The Morgan fingerprint density at radius 2 is 2.00 bits per heavy atom. The van der Waals surface area contributed by atoms with Crippen LogP contribution in [0.2, 0.25) is 0 Å². The van der Waals surface area contributed by atoms with Crippen LogP contribution in [0.25, 0.3) is 0 Å². The van der Waals surface area contributed by atoms with E-state index in [1.807, 2.05) is 0 Å². The van der Waals surface area contributed by atoms with Crippen LogP contribution in [0.4, 0.5) is 11.6 Å². The average Bonchev–Trinajstić information content (AvgIpc) is 3.38. The number of halogens is 1. The first kappa shape index (κ1) is 15.9. The molecule has 1 aromatic heterocycles. The molecule has 0 spiro atoms. The van der Waals surface area contributed by atoms with Gasteiger partial charge in [0.1, 0.15) is 17.5 Å². The third-order valence-corrected chi connectivity index (χ3v) is 5.11. The topological polar surface area (TPSA) is 41.0 Å². The van der Waals surface area contributed by atoms with Gasteiger partial charge in [0, 0.05) is 35.6 Å². The molecule has 126 valence electrons. The maximum absolute atomic E-state index is 4.88. The van der Waals surface area contributed by atoms with Gasteiger partial charge in [0.2, 0.25) is 0 Å². The summed E-state index contributed by atoms with van der Waals surface area (Å²) in [6, 6.07) is 9.08. The van der Waals surface area contributed by atoms with Crippen molar-refractivity contribution in [3.8, 4) is 0 Å². The first-order chi connectivity index (χ1) is 11.6. The lowest BCUT2D eigenvalue weighted by Gasteiger charge is -2.30. The molecule has 1 saturated carbocycles. The molecule has 4 rings (SSSR count). The minimum Gasteiger partial charge on any atom is -0.368 e. The summed E-state index contributed by atoms with van der Waals surface area (Å²) in [5.41, 5.74) is 2.84. The Hall–Kier alpha value is -1.62. The molecule has 1 aliphatic heterocycles. The van der Waals surface area contributed by atoms with Crippen LogP contribution in [0.1, 0.15) is 49.6 Å². The number of hydrogen-bond acceptors (Lipinski definition) is 4. The number of rotatable bonds is 4. The highest BCUT2D eigenvalue weighted by Crippen LogP contribution is 2.39. The van der Waals surface area contributed by atoms with E-state index in [-0.39, 0.29) is 0 Å². The van der Waals surface area contributed by atoms with E-state index in [0.717, 1.165) is 41.4 Å². The summed E-state index contributed by atoms with van der Waals surface area (Å²) in [7, 11) is 0. The third-order valence-electron chi connectivity index (χ3n) is 4.61. The molecular weight excluding hydrogens is 364 g/mol. The zero-order valence-corrected chi connectivity index (χ0v) is 15.8. The van der Waals surface area contributed by atoms with E-state index in [1.165, 1.54) is 24.0 Å². The zero-order valence-electron chi connectivity index (χ0n) is 14.2. The first-order valence-corrected chi connectivity index (χ1v) is 9.55. The largest absolute Gasteiger partial charge is 0.368 e. The van der Waals surface area contributed by atoms with Crippen molar-refractivity contribution >= 4 is 27.6 Å². The van der Waals surface area contributed by atoms with Crippen LogP contribution in [0.5, 0.6) is 0 Å². The molecule has 1 aliphatic carbocycles. The second-order valence-corrected chi connectivity index (χ2v) is 8.04. The van der Waals surface area contributed by atoms with E-state index in [9.17, 15) is 0 Å². The Morgan fingerprint density at radius 1 is 1.17 bits per heavy atom. The van der Waals surface area contributed by atoms with E-state index in [2.05, 4.69) is 64.3 Å². The van der Waals surface area contributed by atoms with Crippen molar-refractivity contribution in [2.24, 2.45) is 0 Å². The molecule has 2 aliphatic rings. The predicted molar refractivity (Wildman–Crippen MR) is 102 cm³/mol. The maximum Gasteiger partial charge on any atom is 0.136 e. The molecule has 0 saturated heterocycles. The summed E-state index contributed by atoms with van der Waals surface area (Å²) in [5.74, 6) is 3.59. The van der Waals surface area contributed by atoms with Crippen molar-refractivity contribution in [1.29, 1.82) is 0 Å². The maximum atomic E-state index is 4.88. The number of nitrogens with zero attached hydrogens (tertiary/aromatic N) is 3. The lowest BCUT2D eigenvalue weighted by molar-refractivity contribution is 0.713. The van der Waals surface area contributed by atoms with E-state index in [4.69, 9.17) is 9.97 Å². The number of benzene rings is 1. The van der Waals surface area contributed by atoms with Gasteiger partial charge in [-0.2, -0.15) is 0 Å². The fraction of sp³-hybridized carbons (Fsp3) is 0.474. The lowest BCUT2D eigenvalue weighted by Crippen LogP contribution is -2.31. The number of anilines is 2. The SMILES string of the molecule is CC(C)Nc1cc(N2CCc3cc(Br)ccc3C2)nc(C2CC2)n1. The van der Waals surface area contributed by atoms with E-state index in [0.29, 0.717) is 12.0 Å². The van der Waals surface area contributed by atoms with Gasteiger partial charge in [-0.15, -0.1) is 0 Å². The van der Waals surface area contributed by atoms with Crippen molar-refractivity contribution in [3.63, 3.8) is 0 Å². The fourth-order valence-corrected chi connectivity index (χ4v) is 3.63. The van der Waals surface area contributed by atoms with Gasteiger partial charge < -0.3 is 10.2 Å². The molecule has 1 fully saturated rings. The number of hydrogen-bond donors (Lipinski definition) is 1. The quantitative estimate of drug-likeness (QED) is 0.839. The van der Waals surface area contributed by atoms with Gasteiger partial charge in [0.05, 0.1) is 0 Å². The summed E-state index contributed by atoms with van der Waals surface area (Å²) in [6.45, 7) is 6.22. The Bertz CT molecular complexity index is 755. The highest BCUT2D eigenvalue weighted by Gasteiger charge is 2.28. The highest BCUT2D eigenvalue weighted by atomic mass is 79.9. The molecule has 24 heavy (non-hydrogen) atoms. The minimum atomic E-state index is 0.374. The molecule has 0 atom stereocenters. The van der Waals surface area contributed by atoms with Crippen LogP contribution in [-0.4, -0.2) is 22.6 Å². The molecule has 4 nitrogen and oxygen atoms in total. The summed E-state index contributed by atoms with van der Waals surface area (Å²) < 4.78 is 1.16. The third kappa shape index (κ3) is 3.41. The summed E-state index contributed by atoms with van der Waals surface area (Å²) >= 11 is 3.57. The van der Waals surface area contributed by atoms with Crippen LogP contribution < -0.4 is 10.2 Å². The van der Waals surface area contributed by atoms with Crippen molar-refractivity contribution < 1.29 is 0 Å². The average molecular weight is 387 g/mol. The molecular formula is C19H23BrN4. The van der Waals surface area contributed by atoms with Crippen LogP contribution in [0.15, 0.2) is 28.7 Å². The van der Waals surface area contributed by atoms with Crippen molar-refractivity contribution in [2.75, 3.05) is 16.8 Å². The van der Waals surface area contributed by atoms with Gasteiger partial charge in [-0.25, -0.2) is 9.97 Å².